The highest BCUT2D eigenvalue weighted by Crippen LogP contribution is 2.26. The summed E-state index contributed by atoms with van der Waals surface area (Å²) < 4.78 is 0. The van der Waals surface area contributed by atoms with E-state index in [2.05, 4.69) is 4.98 Å². The summed E-state index contributed by atoms with van der Waals surface area (Å²) in [6.45, 7) is 0.769. The van der Waals surface area contributed by atoms with E-state index < -0.39 is 0 Å². The molecule has 0 spiro atoms. The zero-order valence-corrected chi connectivity index (χ0v) is 11.3. The first kappa shape index (κ1) is 13.1. The summed E-state index contributed by atoms with van der Waals surface area (Å²) >= 11 is 5.99. The zero-order chi connectivity index (χ0) is 13.1. The first-order chi connectivity index (χ1) is 8.58. The van der Waals surface area contributed by atoms with E-state index in [0.717, 1.165) is 6.54 Å². The zero-order valence-electron chi connectivity index (χ0n) is 10.5. The predicted molar refractivity (Wildman–Crippen MR) is 72.6 cm³/mol. The molecule has 4 nitrogen and oxygen atoms in total. The highest BCUT2D eigenvalue weighted by molar-refractivity contribution is 6.33. The van der Waals surface area contributed by atoms with Crippen molar-refractivity contribution in [2.45, 2.75) is 25.7 Å². The summed E-state index contributed by atoms with van der Waals surface area (Å²) in [4.78, 5) is 17.9. The number of nitrogen functional groups attached to an aromatic ring is 1. The molecular formula is C13H18ClN3O. The van der Waals surface area contributed by atoms with Crippen molar-refractivity contribution in [2.75, 3.05) is 19.3 Å². The van der Waals surface area contributed by atoms with E-state index in [1.54, 1.807) is 24.1 Å². The van der Waals surface area contributed by atoms with Crippen LogP contribution in [0.4, 0.5) is 5.82 Å². The molecule has 1 aromatic rings. The lowest BCUT2D eigenvalue weighted by Gasteiger charge is -2.21. The first-order valence-electron chi connectivity index (χ1n) is 6.25. The lowest BCUT2D eigenvalue weighted by molar-refractivity contribution is 0.0768. The van der Waals surface area contributed by atoms with E-state index in [4.69, 9.17) is 17.3 Å². The third-order valence-corrected chi connectivity index (χ3v) is 3.73. The Bertz CT molecular complexity index is 444. The van der Waals surface area contributed by atoms with Gasteiger partial charge in [-0.15, -0.1) is 0 Å². The summed E-state index contributed by atoms with van der Waals surface area (Å²) in [7, 11) is 1.79. The van der Waals surface area contributed by atoms with Crippen LogP contribution in [0.3, 0.4) is 0 Å². The minimum absolute atomic E-state index is 0.154. The van der Waals surface area contributed by atoms with Crippen LogP contribution in [-0.2, 0) is 0 Å². The second-order valence-corrected chi connectivity index (χ2v) is 5.31. The Morgan fingerprint density at radius 1 is 1.50 bits per heavy atom. The first-order valence-corrected chi connectivity index (χ1v) is 6.63. The maximum atomic E-state index is 12.2. The molecule has 1 saturated carbocycles. The fourth-order valence-corrected chi connectivity index (χ4v) is 2.64. The van der Waals surface area contributed by atoms with Crippen molar-refractivity contribution in [1.29, 1.82) is 0 Å². The monoisotopic (exact) mass is 267 g/mol. The molecule has 1 amide bonds. The van der Waals surface area contributed by atoms with Crippen LogP contribution in [0.1, 0.15) is 36.2 Å². The van der Waals surface area contributed by atoms with Gasteiger partial charge in [0.15, 0.2) is 0 Å². The second kappa shape index (κ2) is 5.57. The smallest absolute Gasteiger partial charge is 0.273 e. The number of nitrogens with two attached hydrogens (primary N) is 1. The Balaban J connectivity index is 2.07. The molecule has 2 N–H and O–H groups in total. The highest BCUT2D eigenvalue weighted by Gasteiger charge is 2.22. The van der Waals surface area contributed by atoms with Gasteiger partial charge in [0, 0.05) is 13.6 Å². The number of amides is 1. The van der Waals surface area contributed by atoms with Crippen molar-refractivity contribution >= 4 is 23.3 Å². The number of carbonyl (C=O) groups is 1. The fraction of sp³-hybridized carbons (Fsp3) is 0.538. The van der Waals surface area contributed by atoms with Gasteiger partial charge in [-0.2, -0.15) is 0 Å². The lowest BCUT2D eigenvalue weighted by Crippen LogP contribution is -2.32. The molecule has 1 aromatic heterocycles. The maximum Gasteiger partial charge on any atom is 0.273 e. The van der Waals surface area contributed by atoms with E-state index in [9.17, 15) is 4.79 Å². The van der Waals surface area contributed by atoms with Crippen LogP contribution in [0.2, 0.25) is 5.02 Å². The molecular weight excluding hydrogens is 250 g/mol. The van der Waals surface area contributed by atoms with Crippen LogP contribution in [0.5, 0.6) is 0 Å². The van der Waals surface area contributed by atoms with Crippen LogP contribution in [0.25, 0.3) is 0 Å². The maximum absolute atomic E-state index is 12.2. The van der Waals surface area contributed by atoms with Crippen LogP contribution in [-0.4, -0.2) is 29.4 Å². The van der Waals surface area contributed by atoms with Crippen molar-refractivity contribution in [3.8, 4) is 0 Å². The van der Waals surface area contributed by atoms with Gasteiger partial charge in [0.25, 0.3) is 5.91 Å². The number of hydrogen-bond acceptors (Lipinski definition) is 3. The van der Waals surface area contributed by atoms with Crippen LogP contribution >= 0.6 is 11.6 Å². The third kappa shape index (κ3) is 2.93. The van der Waals surface area contributed by atoms with Gasteiger partial charge in [-0.1, -0.05) is 24.4 Å². The minimum Gasteiger partial charge on any atom is -0.384 e. The standard InChI is InChI=1S/C13H18ClN3O/c1-17(8-9-4-2-3-5-9)13(18)12-10(14)6-7-11(15)16-12/h6-7,9H,2-5,8H2,1H3,(H2,15,16). The van der Waals surface area contributed by atoms with Gasteiger partial charge >= 0.3 is 0 Å². The van der Waals surface area contributed by atoms with E-state index in [1.165, 1.54) is 25.7 Å². The van der Waals surface area contributed by atoms with Crippen molar-refractivity contribution in [2.24, 2.45) is 5.92 Å². The number of halogens is 1. The summed E-state index contributed by atoms with van der Waals surface area (Å²) in [6, 6.07) is 3.20. The molecule has 0 aliphatic heterocycles. The number of nitrogens with zero attached hydrogens (tertiary/aromatic N) is 2. The van der Waals surface area contributed by atoms with Crippen LogP contribution in [0, 0.1) is 5.92 Å². The van der Waals surface area contributed by atoms with Crippen molar-refractivity contribution in [1.82, 2.24) is 9.88 Å². The normalized spacial score (nSPS) is 15.9. The van der Waals surface area contributed by atoms with E-state index in [-0.39, 0.29) is 11.6 Å². The molecule has 0 saturated heterocycles. The molecule has 98 valence electrons. The number of anilines is 1. The van der Waals surface area contributed by atoms with E-state index in [1.807, 2.05) is 0 Å². The Labute approximate surface area is 112 Å². The molecule has 5 heteroatoms. The van der Waals surface area contributed by atoms with Crippen molar-refractivity contribution in [3.05, 3.63) is 22.8 Å². The number of carbonyl (C=O) groups excluding carboxylic acids is 1. The molecule has 0 bridgehead atoms. The largest absolute Gasteiger partial charge is 0.384 e. The molecule has 18 heavy (non-hydrogen) atoms. The van der Waals surface area contributed by atoms with E-state index >= 15 is 0 Å². The Morgan fingerprint density at radius 3 is 2.83 bits per heavy atom. The topological polar surface area (TPSA) is 59.2 Å². The van der Waals surface area contributed by atoms with Gasteiger partial charge in [-0.25, -0.2) is 4.98 Å². The molecule has 1 heterocycles. The number of rotatable bonds is 3. The highest BCUT2D eigenvalue weighted by atomic mass is 35.5. The van der Waals surface area contributed by atoms with Crippen LogP contribution < -0.4 is 5.73 Å². The number of aromatic nitrogens is 1. The SMILES string of the molecule is CN(CC1CCCC1)C(=O)c1nc(N)ccc1Cl. The summed E-state index contributed by atoms with van der Waals surface area (Å²) in [6.07, 6.45) is 4.94. The average Bonchev–Trinajstić information content (AvgIpc) is 2.84. The molecule has 1 aliphatic carbocycles. The average molecular weight is 268 g/mol. The second-order valence-electron chi connectivity index (χ2n) is 4.90. The van der Waals surface area contributed by atoms with E-state index in [0.29, 0.717) is 16.8 Å². The van der Waals surface area contributed by atoms with Gasteiger partial charge in [0.2, 0.25) is 0 Å². The summed E-state index contributed by atoms with van der Waals surface area (Å²) in [5.74, 6) is 0.773. The van der Waals surface area contributed by atoms with Gasteiger partial charge in [0.05, 0.1) is 5.02 Å². The van der Waals surface area contributed by atoms with Gasteiger partial charge < -0.3 is 10.6 Å². The molecule has 1 fully saturated rings. The van der Waals surface area contributed by atoms with Crippen molar-refractivity contribution < 1.29 is 4.79 Å². The molecule has 0 atom stereocenters. The quantitative estimate of drug-likeness (QED) is 0.916. The van der Waals surface area contributed by atoms with Gasteiger partial charge in [-0.05, 0) is 30.9 Å². The van der Waals surface area contributed by atoms with Crippen LogP contribution in [0.15, 0.2) is 12.1 Å². The number of pyridine rings is 1. The Hall–Kier alpha value is -1.29. The summed E-state index contributed by atoms with van der Waals surface area (Å²) in [5, 5.41) is 0.354. The number of hydrogen-bond donors (Lipinski definition) is 1. The Kier molecular flexibility index (Phi) is 4.07. The summed E-state index contributed by atoms with van der Waals surface area (Å²) in [5.41, 5.74) is 5.84. The molecule has 0 aromatic carbocycles. The van der Waals surface area contributed by atoms with Gasteiger partial charge in [0.1, 0.15) is 11.5 Å². The molecule has 1 aliphatic rings. The van der Waals surface area contributed by atoms with Gasteiger partial charge in [-0.3, -0.25) is 4.79 Å². The lowest BCUT2D eigenvalue weighted by atomic mass is 10.1. The molecule has 0 radical (unpaired) electrons. The molecule has 2 rings (SSSR count). The van der Waals surface area contributed by atoms with Crippen molar-refractivity contribution in [3.63, 3.8) is 0 Å². The fourth-order valence-electron chi connectivity index (χ4n) is 2.45. The molecule has 0 unspecified atom stereocenters. The minimum atomic E-state index is -0.154. The third-order valence-electron chi connectivity index (χ3n) is 3.42. The Morgan fingerprint density at radius 2 is 2.17 bits per heavy atom. The predicted octanol–water partition coefficient (Wildman–Crippen LogP) is 2.58.